The van der Waals surface area contributed by atoms with E-state index in [4.69, 9.17) is 0 Å². The number of benzene rings is 1. The SMILES string of the molecule is CCNC1(CS)CC(c2ccc(F)cc2)(n2cccc2)C=CN1C. The van der Waals surface area contributed by atoms with Gasteiger partial charge in [0.15, 0.2) is 0 Å². The van der Waals surface area contributed by atoms with Gasteiger partial charge in [-0.15, -0.1) is 0 Å². The molecule has 2 aromatic rings. The van der Waals surface area contributed by atoms with Crippen molar-refractivity contribution < 1.29 is 4.39 Å². The summed E-state index contributed by atoms with van der Waals surface area (Å²) in [6.07, 6.45) is 9.22. The Morgan fingerprint density at radius 1 is 1.21 bits per heavy atom. The minimum atomic E-state index is -0.380. The van der Waals surface area contributed by atoms with Gasteiger partial charge in [-0.3, -0.25) is 5.32 Å². The molecule has 2 unspecified atom stereocenters. The van der Waals surface area contributed by atoms with Crippen molar-refractivity contribution in [2.45, 2.75) is 24.5 Å². The van der Waals surface area contributed by atoms with Gasteiger partial charge in [0.25, 0.3) is 0 Å². The second kappa shape index (κ2) is 6.65. The van der Waals surface area contributed by atoms with E-state index >= 15 is 0 Å². The van der Waals surface area contributed by atoms with Crippen LogP contribution in [0.15, 0.2) is 61.1 Å². The normalized spacial score (nSPS) is 26.8. The average molecular weight is 345 g/mol. The van der Waals surface area contributed by atoms with E-state index in [0.29, 0.717) is 5.75 Å². The van der Waals surface area contributed by atoms with Gasteiger partial charge in [0.2, 0.25) is 0 Å². The van der Waals surface area contributed by atoms with E-state index in [9.17, 15) is 4.39 Å². The predicted molar refractivity (Wildman–Crippen MR) is 99.7 cm³/mol. The molecule has 0 fully saturated rings. The van der Waals surface area contributed by atoms with E-state index in [-0.39, 0.29) is 17.0 Å². The molecule has 2 atom stereocenters. The topological polar surface area (TPSA) is 20.2 Å². The van der Waals surface area contributed by atoms with Crippen LogP contribution in [-0.4, -0.2) is 34.5 Å². The summed E-state index contributed by atoms with van der Waals surface area (Å²) in [6, 6.07) is 10.9. The number of allylic oxidation sites excluding steroid dienone is 1. The molecule has 2 heterocycles. The molecule has 24 heavy (non-hydrogen) atoms. The van der Waals surface area contributed by atoms with E-state index in [0.717, 1.165) is 18.5 Å². The zero-order valence-corrected chi connectivity index (χ0v) is 15.0. The Labute approximate surface area is 148 Å². The third kappa shape index (κ3) is 2.76. The molecule has 0 amide bonds. The van der Waals surface area contributed by atoms with Crippen molar-refractivity contribution in [3.05, 3.63) is 72.4 Å². The Hall–Kier alpha value is -1.72. The number of nitrogens with one attached hydrogen (secondary N) is 1. The first kappa shape index (κ1) is 17.1. The van der Waals surface area contributed by atoms with Crippen LogP contribution in [0, 0.1) is 5.82 Å². The lowest BCUT2D eigenvalue weighted by Gasteiger charge is -2.51. The fourth-order valence-corrected chi connectivity index (χ4v) is 4.06. The molecule has 0 aliphatic carbocycles. The monoisotopic (exact) mass is 345 g/mol. The van der Waals surface area contributed by atoms with Crippen LogP contribution in [0.25, 0.3) is 0 Å². The molecular formula is C19H24FN3S. The van der Waals surface area contributed by atoms with Crippen LogP contribution < -0.4 is 5.32 Å². The van der Waals surface area contributed by atoms with Gasteiger partial charge >= 0.3 is 0 Å². The zero-order valence-electron chi connectivity index (χ0n) is 14.1. The Morgan fingerprint density at radius 3 is 2.46 bits per heavy atom. The fraction of sp³-hybridized carbons (Fsp3) is 0.368. The lowest BCUT2D eigenvalue weighted by atomic mass is 9.78. The lowest BCUT2D eigenvalue weighted by Crippen LogP contribution is -2.63. The van der Waals surface area contributed by atoms with Crippen molar-refractivity contribution in [1.82, 2.24) is 14.8 Å². The molecule has 0 saturated heterocycles. The number of thiol groups is 1. The summed E-state index contributed by atoms with van der Waals surface area (Å²) in [5.41, 5.74) is 0.411. The molecule has 0 bridgehead atoms. The van der Waals surface area contributed by atoms with Crippen LogP contribution in [0.1, 0.15) is 18.9 Å². The Balaban J connectivity index is 2.16. The third-order valence-corrected chi connectivity index (χ3v) is 5.51. The lowest BCUT2D eigenvalue weighted by molar-refractivity contribution is 0.0956. The van der Waals surface area contributed by atoms with Gasteiger partial charge in [-0.1, -0.05) is 19.1 Å². The maximum absolute atomic E-state index is 13.5. The first-order valence-corrected chi connectivity index (χ1v) is 8.87. The number of nitrogens with zero attached hydrogens (tertiary/aromatic N) is 2. The summed E-state index contributed by atoms with van der Waals surface area (Å²) in [6.45, 7) is 2.95. The van der Waals surface area contributed by atoms with Gasteiger partial charge in [0.05, 0.1) is 5.54 Å². The van der Waals surface area contributed by atoms with E-state index in [1.165, 1.54) is 12.1 Å². The molecule has 1 aromatic heterocycles. The summed E-state index contributed by atoms with van der Waals surface area (Å²) < 4.78 is 15.7. The van der Waals surface area contributed by atoms with E-state index < -0.39 is 0 Å². The first-order valence-electron chi connectivity index (χ1n) is 8.24. The number of halogens is 1. The summed E-state index contributed by atoms with van der Waals surface area (Å²) in [7, 11) is 2.07. The van der Waals surface area contributed by atoms with Gasteiger partial charge in [-0.05, 0) is 48.6 Å². The van der Waals surface area contributed by atoms with Crippen LogP contribution in [0.4, 0.5) is 4.39 Å². The molecule has 1 N–H and O–H groups in total. The molecule has 0 radical (unpaired) electrons. The number of aromatic nitrogens is 1. The molecule has 1 aliphatic rings. The zero-order chi connectivity index (χ0) is 17.2. The molecular weight excluding hydrogens is 321 g/mol. The van der Waals surface area contributed by atoms with Gasteiger partial charge in [0, 0.05) is 31.6 Å². The highest BCUT2D eigenvalue weighted by atomic mass is 32.1. The van der Waals surface area contributed by atoms with E-state index in [2.05, 4.69) is 66.1 Å². The van der Waals surface area contributed by atoms with Crippen LogP contribution in [0.3, 0.4) is 0 Å². The Morgan fingerprint density at radius 2 is 1.88 bits per heavy atom. The molecule has 128 valence electrons. The summed E-state index contributed by atoms with van der Waals surface area (Å²) in [5, 5.41) is 3.61. The molecule has 3 rings (SSSR count). The largest absolute Gasteiger partial charge is 0.362 e. The highest BCUT2D eigenvalue weighted by Gasteiger charge is 2.45. The van der Waals surface area contributed by atoms with Crippen molar-refractivity contribution >= 4 is 12.6 Å². The van der Waals surface area contributed by atoms with Crippen molar-refractivity contribution in [2.24, 2.45) is 0 Å². The molecule has 0 spiro atoms. The van der Waals surface area contributed by atoms with Crippen molar-refractivity contribution in [3.63, 3.8) is 0 Å². The minimum Gasteiger partial charge on any atom is -0.362 e. The van der Waals surface area contributed by atoms with Gasteiger partial charge in [0.1, 0.15) is 11.5 Å². The smallest absolute Gasteiger partial charge is 0.123 e. The van der Waals surface area contributed by atoms with Crippen LogP contribution in [0.2, 0.25) is 0 Å². The Bertz CT molecular complexity index is 698. The van der Waals surface area contributed by atoms with Crippen molar-refractivity contribution in [2.75, 3.05) is 19.3 Å². The van der Waals surface area contributed by atoms with Gasteiger partial charge in [-0.25, -0.2) is 4.39 Å². The fourth-order valence-electron chi connectivity index (χ4n) is 3.61. The number of hydrogen-bond acceptors (Lipinski definition) is 3. The van der Waals surface area contributed by atoms with Crippen LogP contribution >= 0.6 is 12.6 Å². The average Bonchev–Trinajstić information content (AvgIpc) is 3.13. The summed E-state index contributed by atoms with van der Waals surface area (Å²) >= 11 is 4.64. The molecule has 1 aliphatic heterocycles. The maximum Gasteiger partial charge on any atom is 0.123 e. The Kier molecular flexibility index (Phi) is 4.74. The summed E-state index contributed by atoms with van der Waals surface area (Å²) in [5.74, 6) is 0.455. The van der Waals surface area contributed by atoms with Crippen molar-refractivity contribution in [3.8, 4) is 0 Å². The van der Waals surface area contributed by atoms with E-state index in [1.807, 2.05) is 24.3 Å². The standard InChI is InChI=1S/C19H24FN3S/c1-3-21-19(15-24)14-18(10-13-22(19)2,23-11-4-5-12-23)16-6-8-17(20)9-7-16/h4-13,21,24H,3,14-15H2,1-2H3. The molecule has 3 nitrogen and oxygen atoms in total. The second-order valence-corrected chi connectivity index (χ2v) is 6.66. The van der Waals surface area contributed by atoms with Gasteiger partial charge < -0.3 is 9.47 Å². The quantitative estimate of drug-likeness (QED) is 0.810. The molecule has 0 saturated carbocycles. The van der Waals surface area contributed by atoms with Crippen LogP contribution in [0.5, 0.6) is 0 Å². The minimum absolute atomic E-state index is 0.217. The highest BCUT2D eigenvalue weighted by Crippen LogP contribution is 2.41. The predicted octanol–water partition coefficient (Wildman–Crippen LogP) is 3.46. The van der Waals surface area contributed by atoms with Crippen LogP contribution in [-0.2, 0) is 5.54 Å². The maximum atomic E-state index is 13.5. The molecule has 5 heteroatoms. The van der Waals surface area contributed by atoms with Gasteiger partial charge in [-0.2, -0.15) is 12.6 Å². The number of hydrogen-bond donors (Lipinski definition) is 2. The summed E-state index contributed by atoms with van der Waals surface area (Å²) in [4.78, 5) is 2.19. The molecule has 1 aromatic carbocycles. The first-order chi connectivity index (χ1) is 11.6. The van der Waals surface area contributed by atoms with E-state index in [1.54, 1.807) is 0 Å². The second-order valence-electron chi connectivity index (χ2n) is 6.34. The highest BCUT2D eigenvalue weighted by molar-refractivity contribution is 7.80. The third-order valence-electron chi connectivity index (χ3n) is 4.99. The van der Waals surface area contributed by atoms with Crippen molar-refractivity contribution in [1.29, 1.82) is 0 Å². The number of rotatable bonds is 5.